The lowest BCUT2D eigenvalue weighted by molar-refractivity contribution is 0.114. The fraction of sp³-hybridized carbons (Fsp3) is 0.611. The summed E-state index contributed by atoms with van der Waals surface area (Å²) < 4.78 is 5.60. The molecular formula is C18H27N3O. The van der Waals surface area contributed by atoms with Gasteiger partial charge in [-0.2, -0.15) is 0 Å². The van der Waals surface area contributed by atoms with Gasteiger partial charge in [-0.1, -0.05) is 43.2 Å². The number of hydrogen-bond donors (Lipinski definition) is 2. The molecule has 0 amide bonds. The third-order valence-corrected chi connectivity index (χ3v) is 5.03. The summed E-state index contributed by atoms with van der Waals surface area (Å²) in [5.74, 6) is 0.553. The number of nitrogens with zero attached hydrogens (tertiary/aromatic N) is 1. The van der Waals surface area contributed by atoms with Gasteiger partial charge in [-0.05, 0) is 31.2 Å². The summed E-state index contributed by atoms with van der Waals surface area (Å²) >= 11 is 0. The summed E-state index contributed by atoms with van der Waals surface area (Å²) in [4.78, 5) is 4.64. The Balaban J connectivity index is 1.60. The Hall–Kier alpha value is -1.55. The van der Waals surface area contributed by atoms with E-state index in [1.807, 2.05) is 0 Å². The highest BCUT2D eigenvalue weighted by Gasteiger charge is 2.35. The lowest BCUT2D eigenvalue weighted by Gasteiger charge is -2.28. The second kappa shape index (κ2) is 7.14. The number of hydrogen-bond acceptors (Lipinski definition) is 2. The lowest BCUT2D eigenvalue weighted by atomic mass is 9.79. The smallest absolute Gasteiger partial charge is 0.188 e. The normalized spacial score (nSPS) is 24.5. The molecule has 120 valence electrons. The fourth-order valence-corrected chi connectivity index (χ4v) is 3.70. The second-order valence-electron chi connectivity index (χ2n) is 6.57. The van der Waals surface area contributed by atoms with Crippen molar-refractivity contribution in [2.75, 3.05) is 19.7 Å². The molecule has 22 heavy (non-hydrogen) atoms. The number of nitrogens with two attached hydrogens (primary N) is 1. The Bertz CT molecular complexity index is 488. The molecular weight excluding hydrogens is 274 g/mol. The average Bonchev–Trinajstić information content (AvgIpc) is 3.24. The van der Waals surface area contributed by atoms with E-state index >= 15 is 0 Å². The molecule has 1 atom stereocenters. The third-order valence-electron chi connectivity index (χ3n) is 5.03. The summed E-state index contributed by atoms with van der Waals surface area (Å²) in [5.41, 5.74) is 7.63. The van der Waals surface area contributed by atoms with Gasteiger partial charge in [0.25, 0.3) is 0 Å². The molecule has 3 rings (SSSR count). The van der Waals surface area contributed by atoms with E-state index in [9.17, 15) is 0 Å². The molecule has 1 saturated carbocycles. The number of aliphatic imine (C=N–C) groups is 1. The molecule has 0 radical (unpaired) electrons. The van der Waals surface area contributed by atoms with Crippen molar-refractivity contribution < 1.29 is 4.74 Å². The van der Waals surface area contributed by atoms with Crippen LogP contribution in [0.3, 0.4) is 0 Å². The average molecular weight is 301 g/mol. The Kier molecular flexibility index (Phi) is 4.98. The minimum atomic E-state index is 0.178. The molecule has 0 bridgehead atoms. The summed E-state index contributed by atoms with van der Waals surface area (Å²) in [7, 11) is 0. The number of nitrogens with one attached hydrogen (secondary N) is 1. The van der Waals surface area contributed by atoms with Gasteiger partial charge < -0.3 is 15.8 Å². The van der Waals surface area contributed by atoms with E-state index in [0.717, 1.165) is 32.5 Å². The van der Waals surface area contributed by atoms with Gasteiger partial charge in [-0.3, -0.25) is 4.99 Å². The van der Waals surface area contributed by atoms with Gasteiger partial charge in [0.2, 0.25) is 0 Å². The van der Waals surface area contributed by atoms with Crippen LogP contribution in [0.1, 0.15) is 44.1 Å². The Morgan fingerprint density at radius 2 is 2.00 bits per heavy atom. The zero-order valence-corrected chi connectivity index (χ0v) is 13.3. The van der Waals surface area contributed by atoms with Crippen LogP contribution in [0.5, 0.6) is 0 Å². The van der Waals surface area contributed by atoms with E-state index in [1.165, 1.54) is 31.2 Å². The Morgan fingerprint density at radius 3 is 2.68 bits per heavy atom. The van der Waals surface area contributed by atoms with Crippen molar-refractivity contribution in [2.45, 2.75) is 50.0 Å². The van der Waals surface area contributed by atoms with Crippen molar-refractivity contribution in [1.82, 2.24) is 5.32 Å². The molecule has 1 aromatic carbocycles. The molecule has 1 aromatic rings. The van der Waals surface area contributed by atoms with E-state index in [4.69, 9.17) is 10.5 Å². The molecule has 1 aliphatic heterocycles. The molecule has 0 aromatic heterocycles. The summed E-state index contributed by atoms with van der Waals surface area (Å²) in [6.07, 6.45) is 7.55. The summed E-state index contributed by atoms with van der Waals surface area (Å²) in [5, 5.41) is 3.22. The standard InChI is InChI=1S/C18H27N3O/c19-17(20-13-16-9-6-12-22-16)21-14-18(10-4-5-11-18)15-7-2-1-3-8-15/h1-3,7-8,16H,4-6,9-14H2,(H3,19,20,21). The first-order valence-electron chi connectivity index (χ1n) is 8.49. The predicted octanol–water partition coefficient (Wildman–Crippen LogP) is 2.58. The van der Waals surface area contributed by atoms with Crippen molar-refractivity contribution >= 4 is 5.96 Å². The van der Waals surface area contributed by atoms with Crippen molar-refractivity contribution in [3.05, 3.63) is 35.9 Å². The van der Waals surface area contributed by atoms with E-state index in [-0.39, 0.29) is 5.41 Å². The molecule has 2 fully saturated rings. The van der Waals surface area contributed by atoms with Crippen LogP contribution in [0.2, 0.25) is 0 Å². The van der Waals surface area contributed by atoms with Crippen LogP contribution in [0.15, 0.2) is 35.3 Å². The largest absolute Gasteiger partial charge is 0.376 e. The minimum Gasteiger partial charge on any atom is -0.376 e. The Morgan fingerprint density at radius 1 is 1.23 bits per heavy atom. The van der Waals surface area contributed by atoms with Crippen LogP contribution >= 0.6 is 0 Å². The molecule has 1 heterocycles. The van der Waals surface area contributed by atoms with Crippen molar-refractivity contribution in [2.24, 2.45) is 10.7 Å². The quantitative estimate of drug-likeness (QED) is 0.649. The maximum atomic E-state index is 6.05. The van der Waals surface area contributed by atoms with Crippen LogP contribution in [-0.2, 0) is 10.2 Å². The van der Waals surface area contributed by atoms with Crippen molar-refractivity contribution in [3.8, 4) is 0 Å². The first-order chi connectivity index (χ1) is 10.8. The maximum Gasteiger partial charge on any atom is 0.188 e. The molecule has 4 heteroatoms. The highest BCUT2D eigenvalue weighted by atomic mass is 16.5. The van der Waals surface area contributed by atoms with Gasteiger partial charge in [-0.25, -0.2) is 0 Å². The fourth-order valence-electron chi connectivity index (χ4n) is 3.70. The summed E-state index contributed by atoms with van der Waals surface area (Å²) in [6.45, 7) is 2.43. The SMILES string of the molecule is NC(=NCC1(c2ccccc2)CCCC1)NCC1CCCO1. The van der Waals surface area contributed by atoms with Gasteiger partial charge >= 0.3 is 0 Å². The molecule has 1 aliphatic carbocycles. The zero-order chi connectivity index (χ0) is 15.3. The number of ether oxygens (including phenoxy) is 1. The van der Waals surface area contributed by atoms with Gasteiger partial charge in [-0.15, -0.1) is 0 Å². The lowest BCUT2D eigenvalue weighted by Crippen LogP contribution is -2.38. The van der Waals surface area contributed by atoms with Crippen molar-refractivity contribution in [1.29, 1.82) is 0 Å². The monoisotopic (exact) mass is 301 g/mol. The van der Waals surface area contributed by atoms with Crippen LogP contribution in [0, 0.1) is 0 Å². The van der Waals surface area contributed by atoms with Crippen LogP contribution in [-0.4, -0.2) is 31.8 Å². The van der Waals surface area contributed by atoms with Gasteiger partial charge in [0.1, 0.15) is 0 Å². The Labute approximate surface area is 133 Å². The second-order valence-corrected chi connectivity index (χ2v) is 6.57. The molecule has 1 unspecified atom stereocenters. The number of rotatable bonds is 5. The van der Waals surface area contributed by atoms with E-state index in [2.05, 4.69) is 40.6 Å². The predicted molar refractivity (Wildman–Crippen MR) is 90.1 cm³/mol. The van der Waals surface area contributed by atoms with Gasteiger partial charge in [0.05, 0.1) is 12.6 Å². The number of benzene rings is 1. The first-order valence-corrected chi connectivity index (χ1v) is 8.49. The molecule has 1 saturated heterocycles. The minimum absolute atomic E-state index is 0.178. The zero-order valence-electron chi connectivity index (χ0n) is 13.3. The van der Waals surface area contributed by atoms with Gasteiger partial charge in [0.15, 0.2) is 5.96 Å². The first kappa shape index (κ1) is 15.3. The van der Waals surface area contributed by atoms with E-state index < -0.39 is 0 Å². The van der Waals surface area contributed by atoms with E-state index in [1.54, 1.807) is 0 Å². The van der Waals surface area contributed by atoms with Gasteiger partial charge in [0, 0.05) is 18.6 Å². The topological polar surface area (TPSA) is 59.6 Å². The third kappa shape index (κ3) is 3.61. The number of guanidine groups is 1. The van der Waals surface area contributed by atoms with Crippen LogP contribution in [0.25, 0.3) is 0 Å². The molecule has 0 spiro atoms. The molecule has 2 aliphatic rings. The summed E-state index contributed by atoms with van der Waals surface area (Å²) in [6, 6.07) is 10.8. The van der Waals surface area contributed by atoms with E-state index in [0.29, 0.717) is 12.1 Å². The van der Waals surface area contributed by atoms with Crippen LogP contribution in [0.4, 0.5) is 0 Å². The van der Waals surface area contributed by atoms with Crippen LogP contribution < -0.4 is 11.1 Å². The highest BCUT2D eigenvalue weighted by molar-refractivity contribution is 5.77. The van der Waals surface area contributed by atoms with Crippen molar-refractivity contribution in [3.63, 3.8) is 0 Å². The molecule has 4 nitrogen and oxygen atoms in total. The maximum absolute atomic E-state index is 6.05. The highest BCUT2D eigenvalue weighted by Crippen LogP contribution is 2.41. The molecule has 3 N–H and O–H groups in total.